The second kappa shape index (κ2) is 7.15. The number of nitriles is 1. The van der Waals surface area contributed by atoms with Gasteiger partial charge >= 0.3 is 0 Å². The molecule has 27 heavy (non-hydrogen) atoms. The molecule has 0 fully saturated rings. The molecular formula is C24H17ClN2. The van der Waals surface area contributed by atoms with Crippen molar-refractivity contribution in [2.45, 2.75) is 0 Å². The molecule has 3 heteroatoms. The zero-order chi connectivity index (χ0) is 18.8. The largest absolute Gasteiger partial charge is 0.343 e. The molecule has 0 amide bonds. The second-order valence-electron chi connectivity index (χ2n) is 6.38. The van der Waals surface area contributed by atoms with Gasteiger partial charge in [0.2, 0.25) is 0 Å². The zero-order valence-electron chi connectivity index (χ0n) is 14.9. The molecule has 0 radical (unpaired) electrons. The first-order valence-corrected chi connectivity index (χ1v) is 9.07. The highest BCUT2D eigenvalue weighted by molar-refractivity contribution is 6.30. The Kier molecular flexibility index (Phi) is 4.54. The number of hydrogen-bond acceptors (Lipinski definition) is 1. The number of halogens is 1. The van der Waals surface area contributed by atoms with Crippen molar-refractivity contribution in [1.29, 1.82) is 5.26 Å². The number of nitrogens with zero attached hydrogens (tertiary/aromatic N) is 2. The molecule has 4 aromatic rings. The van der Waals surface area contributed by atoms with E-state index in [1.54, 1.807) is 0 Å². The number of para-hydroxylation sites is 1. The van der Waals surface area contributed by atoms with E-state index in [4.69, 9.17) is 11.6 Å². The summed E-state index contributed by atoms with van der Waals surface area (Å²) in [5, 5.41) is 11.6. The summed E-state index contributed by atoms with van der Waals surface area (Å²) in [6.07, 6.45) is 1.98. The average molecular weight is 369 g/mol. The summed E-state index contributed by atoms with van der Waals surface area (Å²) >= 11 is 6.00. The number of benzene rings is 3. The fourth-order valence-corrected chi connectivity index (χ4v) is 3.59. The normalized spacial score (nSPS) is 11.5. The topological polar surface area (TPSA) is 28.7 Å². The maximum atomic E-state index is 9.79. The van der Waals surface area contributed by atoms with E-state index in [-0.39, 0.29) is 0 Å². The molecule has 0 bridgehead atoms. The van der Waals surface area contributed by atoms with Gasteiger partial charge in [-0.3, -0.25) is 0 Å². The molecule has 1 aromatic heterocycles. The van der Waals surface area contributed by atoms with Crippen LogP contribution in [-0.4, -0.2) is 4.57 Å². The van der Waals surface area contributed by atoms with Crippen LogP contribution >= 0.6 is 11.6 Å². The predicted molar refractivity (Wildman–Crippen MR) is 113 cm³/mol. The van der Waals surface area contributed by atoms with Gasteiger partial charge in [-0.05, 0) is 35.4 Å². The Balaban J connectivity index is 2.00. The SMILES string of the molecule is Cn1c(-c2ccccc2)c(/C=C(\C#N)c2ccc(Cl)cc2)c2ccccc21. The van der Waals surface area contributed by atoms with E-state index in [1.165, 1.54) is 0 Å². The summed E-state index contributed by atoms with van der Waals surface area (Å²) in [5.41, 5.74) is 5.87. The van der Waals surface area contributed by atoms with Gasteiger partial charge in [0.1, 0.15) is 0 Å². The lowest BCUT2D eigenvalue weighted by Crippen LogP contribution is -1.92. The van der Waals surface area contributed by atoms with E-state index < -0.39 is 0 Å². The van der Waals surface area contributed by atoms with Crippen LogP contribution < -0.4 is 0 Å². The first-order chi connectivity index (χ1) is 13.2. The number of aromatic nitrogens is 1. The van der Waals surface area contributed by atoms with Crippen molar-refractivity contribution in [2.24, 2.45) is 7.05 Å². The summed E-state index contributed by atoms with van der Waals surface area (Å²) < 4.78 is 2.19. The van der Waals surface area contributed by atoms with Gasteiger partial charge < -0.3 is 4.57 Å². The van der Waals surface area contributed by atoms with Crippen LogP contribution in [0.4, 0.5) is 0 Å². The van der Waals surface area contributed by atoms with Crippen molar-refractivity contribution >= 4 is 34.2 Å². The van der Waals surface area contributed by atoms with Crippen LogP contribution in [0.3, 0.4) is 0 Å². The lowest BCUT2D eigenvalue weighted by molar-refractivity contribution is 0.977. The van der Waals surface area contributed by atoms with Gasteiger partial charge in [-0.1, -0.05) is 72.3 Å². The van der Waals surface area contributed by atoms with Crippen LogP contribution in [0.25, 0.3) is 33.8 Å². The average Bonchev–Trinajstić information content (AvgIpc) is 2.99. The van der Waals surface area contributed by atoms with Crippen LogP contribution in [0, 0.1) is 11.3 Å². The third-order valence-corrected chi connectivity index (χ3v) is 5.01. The van der Waals surface area contributed by atoms with Crippen molar-refractivity contribution in [3.8, 4) is 17.3 Å². The maximum Gasteiger partial charge on any atom is 0.0998 e. The van der Waals surface area contributed by atoms with E-state index in [0.29, 0.717) is 10.6 Å². The van der Waals surface area contributed by atoms with E-state index in [1.807, 2.05) is 60.7 Å². The Bertz CT molecular complexity index is 1180. The Hall–Kier alpha value is -3.28. The number of allylic oxidation sites excluding steroid dienone is 1. The first kappa shape index (κ1) is 17.1. The van der Waals surface area contributed by atoms with E-state index in [0.717, 1.165) is 33.3 Å². The van der Waals surface area contributed by atoms with Crippen LogP contribution in [0.15, 0.2) is 78.9 Å². The molecule has 0 aliphatic rings. The minimum Gasteiger partial charge on any atom is -0.343 e. The Morgan fingerprint density at radius 1 is 0.926 bits per heavy atom. The number of rotatable bonds is 3. The number of aryl methyl sites for hydroxylation is 1. The molecule has 0 N–H and O–H groups in total. The molecular weight excluding hydrogens is 352 g/mol. The van der Waals surface area contributed by atoms with Gasteiger partial charge in [-0.25, -0.2) is 0 Å². The summed E-state index contributed by atoms with van der Waals surface area (Å²) in [5.74, 6) is 0. The van der Waals surface area contributed by atoms with Crippen LogP contribution in [0.1, 0.15) is 11.1 Å². The standard InChI is InChI=1S/C24H17ClN2/c1-27-23-10-6-5-9-21(23)22(24(27)18-7-3-2-4-8-18)15-19(16-26)17-11-13-20(25)14-12-17/h2-15H,1H3/b19-15+. The van der Waals surface area contributed by atoms with E-state index in [2.05, 4.69) is 41.9 Å². The summed E-state index contributed by atoms with van der Waals surface area (Å²) in [7, 11) is 2.07. The summed E-state index contributed by atoms with van der Waals surface area (Å²) in [6, 6.07) is 28.3. The molecule has 0 aliphatic heterocycles. The summed E-state index contributed by atoms with van der Waals surface area (Å²) in [4.78, 5) is 0. The van der Waals surface area contributed by atoms with Crippen molar-refractivity contribution < 1.29 is 0 Å². The van der Waals surface area contributed by atoms with Crippen molar-refractivity contribution in [1.82, 2.24) is 4.57 Å². The van der Waals surface area contributed by atoms with Crippen LogP contribution in [0.2, 0.25) is 5.02 Å². The van der Waals surface area contributed by atoms with Gasteiger partial charge in [0.15, 0.2) is 0 Å². The van der Waals surface area contributed by atoms with Gasteiger partial charge in [-0.15, -0.1) is 0 Å². The second-order valence-corrected chi connectivity index (χ2v) is 6.82. The third-order valence-electron chi connectivity index (χ3n) is 4.76. The van der Waals surface area contributed by atoms with Crippen LogP contribution in [0.5, 0.6) is 0 Å². The van der Waals surface area contributed by atoms with Crippen molar-refractivity contribution in [3.63, 3.8) is 0 Å². The lowest BCUT2D eigenvalue weighted by atomic mass is 9.99. The fraction of sp³-hybridized carbons (Fsp3) is 0.0417. The molecule has 0 saturated heterocycles. The monoisotopic (exact) mass is 368 g/mol. The van der Waals surface area contributed by atoms with Gasteiger partial charge in [-0.2, -0.15) is 5.26 Å². The number of fused-ring (bicyclic) bond motifs is 1. The van der Waals surface area contributed by atoms with Crippen molar-refractivity contribution in [2.75, 3.05) is 0 Å². The summed E-state index contributed by atoms with van der Waals surface area (Å²) in [6.45, 7) is 0. The van der Waals surface area contributed by atoms with Gasteiger partial charge in [0.25, 0.3) is 0 Å². The molecule has 0 saturated carbocycles. The molecule has 1 heterocycles. The number of hydrogen-bond donors (Lipinski definition) is 0. The molecule has 0 unspecified atom stereocenters. The molecule has 0 aliphatic carbocycles. The minimum absolute atomic E-state index is 0.611. The Morgan fingerprint density at radius 2 is 1.59 bits per heavy atom. The smallest absolute Gasteiger partial charge is 0.0998 e. The molecule has 3 aromatic carbocycles. The molecule has 4 rings (SSSR count). The maximum absolute atomic E-state index is 9.79. The van der Waals surface area contributed by atoms with E-state index in [9.17, 15) is 5.26 Å². The molecule has 2 nitrogen and oxygen atoms in total. The third kappa shape index (κ3) is 3.14. The Labute approximate surface area is 163 Å². The Morgan fingerprint density at radius 3 is 2.30 bits per heavy atom. The quantitative estimate of drug-likeness (QED) is 0.376. The molecule has 0 atom stereocenters. The highest BCUT2D eigenvalue weighted by Gasteiger charge is 2.16. The molecule has 0 spiro atoms. The van der Waals surface area contributed by atoms with Gasteiger partial charge in [0.05, 0.1) is 17.3 Å². The van der Waals surface area contributed by atoms with Crippen molar-refractivity contribution in [3.05, 3.63) is 95.0 Å². The first-order valence-electron chi connectivity index (χ1n) is 8.69. The predicted octanol–water partition coefficient (Wildman–Crippen LogP) is 6.56. The highest BCUT2D eigenvalue weighted by atomic mass is 35.5. The van der Waals surface area contributed by atoms with Crippen LogP contribution in [-0.2, 0) is 7.05 Å². The lowest BCUT2D eigenvalue weighted by Gasteiger charge is -2.07. The zero-order valence-corrected chi connectivity index (χ0v) is 15.6. The highest BCUT2D eigenvalue weighted by Crippen LogP contribution is 2.35. The van der Waals surface area contributed by atoms with Gasteiger partial charge in [0, 0.05) is 28.5 Å². The molecule has 130 valence electrons. The van der Waals surface area contributed by atoms with E-state index >= 15 is 0 Å². The fourth-order valence-electron chi connectivity index (χ4n) is 3.47. The minimum atomic E-state index is 0.611.